The van der Waals surface area contributed by atoms with Gasteiger partial charge in [0.2, 0.25) is 0 Å². The van der Waals surface area contributed by atoms with Crippen LogP contribution in [0.2, 0.25) is 0 Å². The third-order valence-electron chi connectivity index (χ3n) is 4.92. The van der Waals surface area contributed by atoms with Crippen molar-refractivity contribution in [1.82, 2.24) is 20.1 Å². The maximum atomic E-state index is 12.4. The number of pyridine rings is 1. The highest BCUT2D eigenvalue weighted by atomic mass is 16.5. The smallest absolute Gasteiger partial charge is 0.260 e. The number of hydrogen-bond acceptors (Lipinski definition) is 6. The number of carbonyl (C=O) groups excluding carboxylic acids is 1. The molecule has 0 spiro atoms. The van der Waals surface area contributed by atoms with E-state index in [2.05, 4.69) is 20.1 Å². The molecule has 1 aliphatic heterocycles. The molecule has 0 radical (unpaired) electrons. The van der Waals surface area contributed by atoms with Crippen LogP contribution in [0.5, 0.6) is 5.75 Å². The number of aromatic nitrogens is 3. The van der Waals surface area contributed by atoms with Crippen LogP contribution in [0.25, 0.3) is 11.3 Å². The lowest BCUT2D eigenvalue weighted by Crippen LogP contribution is -2.50. The maximum absolute atomic E-state index is 12.4. The molecule has 3 aromatic rings. The highest BCUT2D eigenvalue weighted by Gasteiger charge is 2.22. The Morgan fingerprint density at radius 2 is 1.90 bits per heavy atom. The SMILES string of the molecule is Cc1cccc(OCC(=O)N2CCN(c3ccc(-c4cccnc4)nn3)CC2)c1. The number of amides is 1. The molecule has 0 bridgehead atoms. The first-order valence-electron chi connectivity index (χ1n) is 9.65. The molecule has 4 rings (SSSR count). The van der Waals surface area contributed by atoms with Gasteiger partial charge in [-0.3, -0.25) is 9.78 Å². The number of aryl methyl sites for hydroxylation is 1. The lowest BCUT2D eigenvalue weighted by Gasteiger charge is -2.35. The molecule has 0 aliphatic carbocycles. The zero-order valence-electron chi connectivity index (χ0n) is 16.4. The predicted octanol–water partition coefficient (Wildman–Crippen LogP) is 2.57. The van der Waals surface area contributed by atoms with E-state index in [0.717, 1.165) is 41.5 Å². The molecule has 3 heterocycles. The van der Waals surface area contributed by atoms with E-state index >= 15 is 0 Å². The van der Waals surface area contributed by atoms with Crippen LogP contribution in [-0.4, -0.2) is 58.8 Å². The predicted molar refractivity (Wildman–Crippen MR) is 111 cm³/mol. The van der Waals surface area contributed by atoms with E-state index in [9.17, 15) is 4.79 Å². The standard InChI is InChI=1S/C22H23N5O2/c1-17-4-2-6-19(14-17)29-16-22(28)27-12-10-26(11-13-27)21-8-7-20(24-25-21)18-5-3-9-23-15-18/h2-9,14-15H,10-13,16H2,1H3. The Kier molecular flexibility index (Phi) is 5.65. The van der Waals surface area contributed by atoms with Crippen LogP contribution in [0.1, 0.15) is 5.56 Å². The summed E-state index contributed by atoms with van der Waals surface area (Å²) in [5.74, 6) is 1.55. The van der Waals surface area contributed by atoms with Crippen molar-refractivity contribution in [3.05, 3.63) is 66.5 Å². The molecule has 7 nitrogen and oxygen atoms in total. The lowest BCUT2D eigenvalue weighted by molar-refractivity contribution is -0.133. The average molecular weight is 389 g/mol. The quantitative estimate of drug-likeness (QED) is 0.668. The number of piperazine rings is 1. The van der Waals surface area contributed by atoms with Crippen molar-refractivity contribution < 1.29 is 9.53 Å². The van der Waals surface area contributed by atoms with Gasteiger partial charge in [0.15, 0.2) is 12.4 Å². The summed E-state index contributed by atoms with van der Waals surface area (Å²) < 4.78 is 5.64. The van der Waals surface area contributed by atoms with Crippen molar-refractivity contribution in [3.63, 3.8) is 0 Å². The molecule has 1 aliphatic rings. The summed E-state index contributed by atoms with van der Waals surface area (Å²) in [5.41, 5.74) is 2.85. The second-order valence-corrected chi connectivity index (χ2v) is 6.99. The number of hydrogen-bond donors (Lipinski definition) is 0. The Bertz CT molecular complexity index is 954. The first kappa shape index (κ1) is 18.9. The number of rotatable bonds is 5. The molecule has 29 heavy (non-hydrogen) atoms. The molecule has 1 fully saturated rings. The molecule has 7 heteroatoms. The molecule has 1 aromatic carbocycles. The lowest BCUT2D eigenvalue weighted by atomic mass is 10.2. The van der Waals surface area contributed by atoms with Crippen LogP contribution in [0.15, 0.2) is 60.9 Å². The fraction of sp³-hybridized carbons (Fsp3) is 0.273. The van der Waals surface area contributed by atoms with Gasteiger partial charge in [-0.1, -0.05) is 12.1 Å². The minimum absolute atomic E-state index is 0.00386. The Morgan fingerprint density at radius 1 is 1.03 bits per heavy atom. The molecular formula is C22H23N5O2. The summed E-state index contributed by atoms with van der Waals surface area (Å²) in [4.78, 5) is 20.5. The second kappa shape index (κ2) is 8.68. The van der Waals surface area contributed by atoms with Crippen molar-refractivity contribution in [1.29, 1.82) is 0 Å². The fourth-order valence-electron chi connectivity index (χ4n) is 3.29. The van der Waals surface area contributed by atoms with Crippen molar-refractivity contribution in [2.75, 3.05) is 37.7 Å². The van der Waals surface area contributed by atoms with Gasteiger partial charge < -0.3 is 14.5 Å². The van der Waals surface area contributed by atoms with Gasteiger partial charge in [-0.2, -0.15) is 0 Å². The first-order valence-corrected chi connectivity index (χ1v) is 9.65. The van der Waals surface area contributed by atoms with Gasteiger partial charge in [0.05, 0.1) is 5.69 Å². The highest BCUT2D eigenvalue weighted by molar-refractivity contribution is 5.78. The third-order valence-corrected chi connectivity index (χ3v) is 4.92. The zero-order valence-corrected chi connectivity index (χ0v) is 16.4. The minimum Gasteiger partial charge on any atom is -0.484 e. The molecule has 0 unspecified atom stereocenters. The summed E-state index contributed by atoms with van der Waals surface area (Å²) in [6.45, 7) is 4.78. The van der Waals surface area contributed by atoms with Crippen LogP contribution in [0.4, 0.5) is 5.82 Å². The van der Waals surface area contributed by atoms with Crippen molar-refractivity contribution in [2.24, 2.45) is 0 Å². The van der Waals surface area contributed by atoms with E-state index in [4.69, 9.17) is 4.74 Å². The molecule has 2 aromatic heterocycles. The molecule has 148 valence electrons. The van der Waals surface area contributed by atoms with Crippen LogP contribution in [0, 0.1) is 6.92 Å². The van der Waals surface area contributed by atoms with Gasteiger partial charge in [-0.05, 0) is 48.9 Å². The largest absolute Gasteiger partial charge is 0.484 e. The number of ether oxygens (including phenoxy) is 1. The van der Waals surface area contributed by atoms with Gasteiger partial charge in [0.1, 0.15) is 5.75 Å². The van der Waals surface area contributed by atoms with Crippen LogP contribution < -0.4 is 9.64 Å². The number of carbonyl (C=O) groups is 1. The third kappa shape index (κ3) is 4.68. The highest BCUT2D eigenvalue weighted by Crippen LogP contribution is 2.18. The molecule has 0 atom stereocenters. The monoisotopic (exact) mass is 389 g/mol. The normalized spacial score (nSPS) is 14.0. The maximum Gasteiger partial charge on any atom is 0.260 e. The topological polar surface area (TPSA) is 71.5 Å². The Balaban J connectivity index is 1.29. The van der Waals surface area contributed by atoms with Gasteiger partial charge in [-0.15, -0.1) is 10.2 Å². The number of nitrogens with zero attached hydrogens (tertiary/aromatic N) is 5. The molecular weight excluding hydrogens is 366 g/mol. The van der Waals surface area contributed by atoms with Crippen molar-refractivity contribution in [2.45, 2.75) is 6.92 Å². The molecule has 0 saturated carbocycles. The molecule has 0 N–H and O–H groups in total. The van der Waals surface area contributed by atoms with Gasteiger partial charge in [0, 0.05) is 44.1 Å². The van der Waals surface area contributed by atoms with E-state index in [1.54, 1.807) is 12.4 Å². The Morgan fingerprint density at radius 3 is 2.59 bits per heavy atom. The summed E-state index contributed by atoms with van der Waals surface area (Å²) >= 11 is 0. The Labute approximate surface area is 170 Å². The van der Waals surface area contributed by atoms with Gasteiger partial charge in [0.25, 0.3) is 5.91 Å². The fourth-order valence-corrected chi connectivity index (χ4v) is 3.29. The van der Waals surface area contributed by atoms with E-state index in [1.165, 1.54) is 0 Å². The van der Waals surface area contributed by atoms with Crippen molar-refractivity contribution in [3.8, 4) is 17.0 Å². The van der Waals surface area contributed by atoms with E-state index in [1.807, 2.05) is 60.4 Å². The van der Waals surface area contributed by atoms with E-state index in [0.29, 0.717) is 13.1 Å². The average Bonchev–Trinajstić information content (AvgIpc) is 2.78. The summed E-state index contributed by atoms with van der Waals surface area (Å²) in [6, 6.07) is 15.5. The van der Waals surface area contributed by atoms with Gasteiger partial charge >= 0.3 is 0 Å². The second-order valence-electron chi connectivity index (χ2n) is 6.99. The summed E-state index contributed by atoms with van der Waals surface area (Å²) in [7, 11) is 0. The van der Waals surface area contributed by atoms with Gasteiger partial charge in [-0.25, -0.2) is 0 Å². The van der Waals surface area contributed by atoms with Crippen molar-refractivity contribution >= 4 is 11.7 Å². The van der Waals surface area contributed by atoms with Crippen LogP contribution in [0.3, 0.4) is 0 Å². The first-order chi connectivity index (χ1) is 14.2. The summed E-state index contributed by atoms with van der Waals surface area (Å²) in [5, 5.41) is 8.67. The van der Waals surface area contributed by atoms with Crippen LogP contribution in [-0.2, 0) is 4.79 Å². The van der Waals surface area contributed by atoms with E-state index in [-0.39, 0.29) is 12.5 Å². The summed E-state index contributed by atoms with van der Waals surface area (Å²) in [6.07, 6.45) is 3.50. The van der Waals surface area contributed by atoms with E-state index < -0.39 is 0 Å². The van der Waals surface area contributed by atoms with Crippen LogP contribution >= 0.6 is 0 Å². The minimum atomic E-state index is 0.00386. The Hall–Kier alpha value is -3.48. The number of benzene rings is 1. The molecule has 1 saturated heterocycles. The molecule has 1 amide bonds. The number of anilines is 1. The zero-order chi connectivity index (χ0) is 20.1.